The lowest BCUT2D eigenvalue weighted by Crippen LogP contribution is -2.58. The van der Waals surface area contributed by atoms with Crippen molar-refractivity contribution in [2.75, 3.05) is 0 Å². The number of hydrogen-bond acceptors (Lipinski definition) is 4. The zero-order valence-corrected chi connectivity index (χ0v) is 19.2. The van der Waals surface area contributed by atoms with Crippen LogP contribution in [0, 0.1) is 28.1 Å². The van der Waals surface area contributed by atoms with Crippen LogP contribution in [0.2, 0.25) is 0 Å². The smallest absolute Gasteiger partial charge is 0.238 e. The van der Waals surface area contributed by atoms with Crippen molar-refractivity contribution in [2.45, 2.75) is 98.5 Å². The first kappa shape index (κ1) is 22.3. The normalized spacial score (nSPS) is 38.6. The van der Waals surface area contributed by atoms with E-state index in [2.05, 4.69) is 45.5 Å². The van der Waals surface area contributed by atoms with E-state index in [0.717, 1.165) is 37.8 Å². The molecule has 0 aliphatic heterocycles. The van der Waals surface area contributed by atoms with Gasteiger partial charge in [-0.1, -0.05) is 41.0 Å². The summed E-state index contributed by atoms with van der Waals surface area (Å²) >= 11 is 0. The van der Waals surface area contributed by atoms with Gasteiger partial charge in [0.05, 0.1) is 5.60 Å². The minimum atomic E-state index is -0.835. The van der Waals surface area contributed by atoms with Gasteiger partial charge in [0.1, 0.15) is 0 Å². The maximum Gasteiger partial charge on any atom is 0.238 e. The molecule has 0 unspecified atom stereocenters. The van der Waals surface area contributed by atoms with Crippen LogP contribution in [0.5, 0.6) is 0 Å². The summed E-state index contributed by atoms with van der Waals surface area (Å²) in [6.45, 7) is 13.0. The molecule has 4 atom stereocenters. The highest BCUT2D eigenvalue weighted by molar-refractivity contribution is 5.91. The molecule has 0 aromatic rings. The van der Waals surface area contributed by atoms with Crippen LogP contribution in [0.25, 0.3) is 0 Å². The molecule has 0 saturated heterocycles. The van der Waals surface area contributed by atoms with Crippen LogP contribution >= 0.6 is 0 Å². The first-order valence-corrected chi connectivity index (χ1v) is 11.3. The van der Waals surface area contributed by atoms with Crippen LogP contribution in [-0.2, 0) is 9.59 Å². The molecule has 3 rings (SSSR count). The number of fused-ring (bicyclic) bond motifs is 1. The number of amides is 1. The lowest BCUT2D eigenvalue weighted by Gasteiger charge is -2.61. The van der Waals surface area contributed by atoms with Gasteiger partial charge in [-0.05, 0) is 61.2 Å². The second kappa shape index (κ2) is 7.40. The molecule has 0 radical (unpaired) electrons. The van der Waals surface area contributed by atoms with Crippen molar-refractivity contribution in [3.63, 3.8) is 0 Å². The van der Waals surface area contributed by atoms with Crippen molar-refractivity contribution in [3.05, 3.63) is 11.8 Å². The molecule has 29 heavy (non-hydrogen) atoms. The Labute approximate surface area is 176 Å². The molecule has 164 valence electrons. The van der Waals surface area contributed by atoms with Gasteiger partial charge in [0.15, 0.2) is 5.78 Å². The summed E-state index contributed by atoms with van der Waals surface area (Å²) < 4.78 is 0. The number of aliphatic hydroxyl groups is 1. The van der Waals surface area contributed by atoms with E-state index in [1.807, 2.05) is 6.92 Å². The van der Waals surface area contributed by atoms with E-state index < -0.39 is 5.60 Å². The molecule has 5 nitrogen and oxygen atoms in total. The Balaban J connectivity index is 1.70. The minimum absolute atomic E-state index is 0.0388. The molecule has 2 saturated carbocycles. The predicted molar refractivity (Wildman–Crippen MR) is 115 cm³/mol. The largest absolute Gasteiger partial charge is 0.390 e. The monoisotopic (exact) mass is 404 g/mol. The Morgan fingerprint density at radius 1 is 1.10 bits per heavy atom. The fourth-order valence-electron chi connectivity index (χ4n) is 6.89. The fraction of sp³-hybridized carbons (Fsp3) is 0.833. The van der Waals surface area contributed by atoms with E-state index in [4.69, 9.17) is 0 Å². The van der Waals surface area contributed by atoms with Gasteiger partial charge in [0, 0.05) is 30.5 Å². The van der Waals surface area contributed by atoms with Gasteiger partial charge in [0.2, 0.25) is 5.91 Å². The van der Waals surface area contributed by atoms with Gasteiger partial charge in [-0.2, -0.15) is 0 Å². The summed E-state index contributed by atoms with van der Waals surface area (Å²) in [5.74, 6) is 0.424. The molecule has 3 aliphatic carbocycles. The summed E-state index contributed by atoms with van der Waals surface area (Å²) in [6.07, 6.45) is 8.37. The molecule has 1 amide bonds. The van der Waals surface area contributed by atoms with Crippen molar-refractivity contribution < 1.29 is 14.7 Å². The molecule has 0 spiro atoms. The quantitative estimate of drug-likeness (QED) is 0.612. The molecule has 0 bridgehead atoms. The third kappa shape index (κ3) is 4.55. The number of carbonyl (C=O) groups is 2. The van der Waals surface area contributed by atoms with Gasteiger partial charge in [0.25, 0.3) is 0 Å². The molecule has 0 aromatic heterocycles. The maximum absolute atomic E-state index is 12.9. The van der Waals surface area contributed by atoms with Gasteiger partial charge in [-0.3, -0.25) is 15.0 Å². The second-order valence-corrected chi connectivity index (χ2v) is 11.9. The van der Waals surface area contributed by atoms with Gasteiger partial charge < -0.3 is 10.5 Å². The van der Waals surface area contributed by atoms with E-state index in [1.165, 1.54) is 6.42 Å². The standard InChI is InChI=1S/C24H40N2O3/c1-21(2)14-16(12-17(27)15-21)25-26-20(28)13-19-23(5)10-7-9-22(3,4)18(23)8-11-24(19,6)29/h12,18-19,25,29H,7-11,13-15H2,1-6H3,(H,26,28)/t18-,19-,23+,24+/m0/s1. The summed E-state index contributed by atoms with van der Waals surface area (Å²) in [5, 5.41) is 11.2. The third-order valence-corrected chi connectivity index (χ3v) is 8.17. The van der Waals surface area contributed by atoms with Crippen LogP contribution in [0.15, 0.2) is 11.8 Å². The SMILES string of the molecule is CC1(C)CC(=O)C=C(NNC(=O)C[C@H]2[C@]3(C)CCCC(C)(C)[C@@H]3CC[C@@]2(C)O)C1. The first-order chi connectivity index (χ1) is 13.3. The number of carbonyl (C=O) groups excluding carboxylic acids is 2. The van der Waals surface area contributed by atoms with Crippen molar-refractivity contribution in [1.82, 2.24) is 10.9 Å². The Morgan fingerprint density at radius 3 is 2.45 bits per heavy atom. The van der Waals surface area contributed by atoms with Crippen LogP contribution in [0.4, 0.5) is 0 Å². The van der Waals surface area contributed by atoms with Crippen molar-refractivity contribution in [3.8, 4) is 0 Å². The second-order valence-electron chi connectivity index (χ2n) is 11.9. The number of allylic oxidation sites excluding steroid dienone is 2. The molecule has 3 aliphatic rings. The van der Waals surface area contributed by atoms with E-state index in [-0.39, 0.29) is 33.9 Å². The molecule has 0 heterocycles. The van der Waals surface area contributed by atoms with Crippen molar-refractivity contribution >= 4 is 11.7 Å². The summed E-state index contributed by atoms with van der Waals surface area (Å²) in [6, 6.07) is 0. The molecular weight excluding hydrogens is 364 g/mol. The van der Waals surface area contributed by atoms with Crippen LogP contribution in [0.3, 0.4) is 0 Å². The highest BCUT2D eigenvalue weighted by atomic mass is 16.3. The Morgan fingerprint density at radius 2 is 1.79 bits per heavy atom. The number of rotatable bonds is 4. The first-order valence-electron chi connectivity index (χ1n) is 11.3. The topological polar surface area (TPSA) is 78.4 Å². The summed E-state index contributed by atoms with van der Waals surface area (Å²) in [5.41, 5.74) is 5.83. The highest BCUT2D eigenvalue weighted by Crippen LogP contribution is 2.62. The fourth-order valence-corrected chi connectivity index (χ4v) is 6.89. The van der Waals surface area contributed by atoms with E-state index >= 15 is 0 Å². The molecule has 0 aromatic carbocycles. The van der Waals surface area contributed by atoms with Crippen LogP contribution in [0.1, 0.15) is 92.9 Å². The Hall–Kier alpha value is -1.36. The predicted octanol–water partition coefficient (Wildman–Crippen LogP) is 4.26. The molecule has 5 heteroatoms. The molecule has 3 N–H and O–H groups in total. The molecular formula is C24H40N2O3. The average molecular weight is 405 g/mol. The highest BCUT2D eigenvalue weighted by Gasteiger charge is 2.58. The minimum Gasteiger partial charge on any atom is -0.390 e. The number of ketones is 1. The summed E-state index contributed by atoms with van der Waals surface area (Å²) in [7, 11) is 0. The summed E-state index contributed by atoms with van der Waals surface area (Å²) in [4.78, 5) is 24.8. The van der Waals surface area contributed by atoms with E-state index in [0.29, 0.717) is 18.8 Å². The number of hydrazine groups is 1. The third-order valence-electron chi connectivity index (χ3n) is 8.17. The Bertz CT molecular complexity index is 707. The van der Waals surface area contributed by atoms with Gasteiger partial charge >= 0.3 is 0 Å². The molecule has 2 fully saturated rings. The van der Waals surface area contributed by atoms with E-state index in [1.54, 1.807) is 6.08 Å². The number of hydrogen-bond donors (Lipinski definition) is 3. The van der Waals surface area contributed by atoms with Crippen LogP contribution in [-0.4, -0.2) is 22.4 Å². The van der Waals surface area contributed by atoms with Crippen LogP contribution < -0.4 is 10.9 Å². The van der Waals surface area contributed by atoms with E-state index in [9.17, 15) is 14.7 Å². The number of nitrogens with one attached hydrogen (secondary N) is 2. The van der Waals surface area contributed by atoms with Crippen molar-refractivity contribution in [2.24, 2.45) is 28.1 Å². The van der Waals surface area contributed by atoms with Gasteiger partial charge in [-0.25, -0.2) is 0 Å². The Kier molecular flexibility index (Phi) is 5.70. The van der Waals surface area contributed by atoms with Crippen molar-refractivity contribution in [1.29, 1.82) is 0 Å². The zero-order chi connectivity index (χ0) is 21.7. The lowest BCUT2D eigenvalue weighted by atomic mass is 9.45. The lowest BCUT2D eigenvalue weighted by molar-refractivity contribution is -0.173. The average Bonchev–Trinajstić information content (AvgIpc) is 2.53. The van der Waals surface area contributed by atoms with Gasteiger partial charge in [-0.15, -0.1) is 0 Å². The maximum atomic E-state index is 12.9. The zero-order valence-electron chi connectivity index (χ0n) is 19.2.